The monoisotopic (exact) mass is 1310 g/mol. The number of imidazole rings is 2. The molecule has 3 aliphatic rings. The van der Waals surface area contributed by atoms with Gasteiger partial charge in [0.2, 0.25) is 22.3 Å². The number of aryl methyl sites for hydroxylation is 7. The number of fused-ring (bicyclic) bond motifs is 3. The number of hydrogen-bond acceptors (Lipinski definition) is 23. The molecule has 28 nitrogen and oxygen atoms in total. The number of benzene rings is 2. The molecule has 91 heavy (non-hydrogen) atoms. The quantitative estimate of drug-likeness (QED) is 0.0476. The van der Waals surface area contributed by atoms with Crippen molar-refractivity contribution in [1.82, 2.24) is 83.7 Å². The molecule has 486 valence electrons. The first-order chi connectivity index (χ1) is 43.7. The molecule has 11 heterocycles. The van der Waals surface area contributed by atoms with Gasteiger partial charge in [0.25, 0.3) is 0 Å². The molecule has 7 N–H and O–H groups in total. The van der Waals surface area contributed by atoms with Gasteiger partial charge in [-0.25, -0.2) is 29.0 Å². The van der Waals surface area contributed by atoms with Crippen molar-refractivity contribution in [2.75, 3.05) is 88.7 Å². The molecule has 3 saturated heterocycles. The normalized spacial score (nSPS) is 16.0. The highest BCUT2D eigenvalue weighted by Crippen LogP contribution is 2.40. The molecule has 3 atom stereocenters. The Morgan fingerprint density at radius 3 is 1.59 bits per heavy atom. The van der Waals surface area contributed by atoms with Crippen molar-refractivity contribution in [3.8, 4) is 34.4 Å². The van der Waals surface area contributed by atoms with Gasteiger partial charge >= 0.3 is 0 Å². The molecule has 10 aromatic rings. The molecule has 0 amide bonds. The number of anilines is 5. The van der Waals surface area contributed by atoms with Crippen molar-refractivity contribution >= 4 is 97.1 Å². The van der Waals surface area contributed by atoms with Crippen molar-refractivity contribution in [1.29, 1.82) is 0 Å². The van der Waals surface area contributed by atoms with Crippen LogP contribution in [0.25, 0.3) is 44.5 Å². The van der Waals surface area contributed by atoms with Gasteiger partial charge in [-0.2, -0.15) is 40.2 Å². The zero-order valence-corrected chi connectivity index (χ0v) is 55.3. The second kappa shape index (κ2) is 29.7. The predicted octanol–water partition coefficient (Wildman–Crippen LogP) is 7.66. The summed E-state index contributed by atoms with van der Waals surface area (Å²) in [6.45, 7) is 13.2. The van der Waals surface area contributed by atoms with Crippen LogP contribution in [0.1, 0.15) is 66.7 Å². The third kappa shape index (κ3) is 14.9. The molecule has 0 radical (unpaired) electrons. The van der Waals surface area contributed by atoms with Gasteiger partial charge in [-0.05, 0) is 120 Å². The van der Waals surface area contributed by atoms with Gasteiger partial charge in [-0.1, -0.05) is 11.6 Å². The topological polar surface area (TPSA) is 321 Å². The maximum absolute atomic E-state index is 9.89. The number of aromatic nitrogens is 16. The van der Waals surface area contributed by atoms with E-state index in [0.29, 0.717) is 58.3 Å². The maximum atomic E-state index is 9.89. The molecular formula is C60H78Cl3N21O7. The fourth-order valence-electron chi connectivity index (χ4n) is 11.4. The van der Waals surface area contributed by atoms with Crippen LogP contribution in [-0.2, 0) is 21.1 Å². The SMILES string of the molecule is COc1cc(-n2cnc(N)c2)cc(OC)c1OC.COc1cc(-n2cnc(Nc3nc(N4CCC[C@H]4CO)c4c(C)nn(C)c4n3)c2)cc(C)c1C.Cc1nn(C)c2nc(Cl)nc(Cl)c12.Cc1nn(C)c2nc(Cl)nc(N3CCC[C@H]3CO)c12.OC[C@@H]1CCCN1. The van der Waals surface area contributed by atoms with Crippen molar-refractivity contribution in [3.05, 3.63) is 93.2 Å². The average molecular weight is 1310 g/mol. The smallest absolute Gasteiger partial charge is 0.232 e. The molecule has 3 fully saturated rings. The molecule has 0 spiro atoms. The summed E-state index contributed by atoms with van der Waals surface area (Å²) in [4.78, 5) is 38.8. The van der Waals surface area contributed by atoms with Crippen molar-refractivity contribution in [3.63, 3.8) is 0 Å². The lowest BCUT2D eigenvalue weighted by atomic mass is 10.1. The summed E-state index contributed by atoms with van der Waals surface area (Å²) >= 11 is 17.6. The summed E-state index contributed by atoms with van der Waals surface area (Å²) < 4.78 is 30.2. The van der Waals surface area contributed by atoms with E-state index in [1.165, 1.54) is 6.42 Å². The Labute approximate surface area is 541 Å². The molecule has 13 rings (SSSR count). The number of nitrogens with one attached hydrogen (secondary N) is 2. The van der Waals surface area contributed by atoms with Gasteiger partial charge in [-0.3, -0.25) is 0 Å². The highest BCUT2D eigenvalue weighted by molar-refractivity contribution is 6.35. The van der Waals surface area contributed by atoms with E-state index in [2.05, 4.69) is 78.6 Å². The van der Waals surface area contributed by atoms with Gasteiger partial charge in [0.1, 0.15) is 41.0 Å². The van der Waals surface area contributed by atoms with E-state index < -0.39 is 0 Å². The Balaban J connectivity index is 0.000000147. The molecule has 0 aliphatic carbocycles. The summed E-state index contributed by atoms with van der Waals surface area (Å²) in [6, 6.07) is 8.30. The van der Waals surface area contributed by atoms with Crippen molar-refractivity contribution in [2.45, 2.75) is 91.3 Å². The molecule has 0 bridgehead atoms. The van der Waals surface area contributed by atoms with E-state index >= 15 is 0 Å². The fraction of sp³-hybridized carbons (Fsp3) is 0.450. The van der Waals surface area contributed by atoms with Crippen LogP contribution in [0.5, 0.6) is 23.0 Å². The summed E-state index contributed by atoms with van der Waals surface area (Å²) in [7, 11) is 11.9. The van der Waals surface area contributed by atoms with E-state index in [1.54, 1.807) is 73.0 Å². The van der Waals surface area contributed by atoms with Crippen LogP contribution in [-0.4, -0.2) is 180 Å². The fourth-order valence-corrected chi connectivity index (χ4v) is 12.0. The number of aliphatic hydroxyl groups excluding tert-OH is 3. The number of nitrogens with two attached hydrogens (primary N) is 1. The number of hydrogen-bond donors (Lipinski definition) is 6. The summed E-state index contributed by atoms with van der Waals surface area (Å²) in [5.74, 6) is 5.66. The van der Waals surface area contributed by atoms with Crippen LogP contribution in [0, 0.1) is 34.6 Å². The van der Waals surface area contributed by atoms with Crippen LogP contribution in [0.2, 0.25) is 15.7 Å². The Hall–Kier alpha value is -8.38. The van der Waals surface area contributed by atoms with E-state index in [0.717, 1.165) is 136 Å². The average Bonchev–Trinajstić information content (AvgIpc) is 1.66. The van der Waals surface area contributed by atoms with Gasteiger partial charge in [-0.15, -0.1) is 0 Å². The van der Waals surface area contributed by atoms with Crippen LogP contribution < -0.4 is 45.1 Å². The number of ether oxygens (including phenoxy) is 4. The van der Waals surface area contributed by atoms with E-state index in [9.17, 15) is 10.2 Å². The van der Waals surface area contributed by atoms with Crippen molar-refractivity contribution in [2.24, 2.45) is 21.1 Å². The minimum Gasteiger partial charge on any atom is -0.496 e. The Bertz CT molecular complexity index is 4120. The van der Waals surface area contributed by atoms with Crippen LogP contribution in [0.15, 0.2) is 49.3 Å². The van der Waals surface area contributed by atoms with Gasteiger partial charge in [0.15, 0.2) is 34.3 Å². The standard InChI is InChI=1S/C24H30N8O2.C12H16ClN5O.C12H15N3O3.C7H6Cl2N4.C5H11NO/c1-14-9-18(10-19(34-5)15(14)2)31-11-20(25-13-31)26-24-27-22-21(16(3)29-30(22)4)23(28-24)32-8-6-7-17(32)12-33;1-7-9-10(17(2)16-7)14-12(13)15-11(9)18-5-3-4-8(18)6-19;1-16-9-4-8(15-6-11(13)14-7-15)5-10(17-2)12(9)18-3;1-3-4-5(8)10-7(9)11-6(4)13(2)12-3;7-4-5-2-1-3-6-5/h9-11,13,17,33H,6-8,12H2,1-5H3,(H,26,27,28);8,19H,3-6H2,1-2H3;4-7H,13H2,1-3H3;1-2H3;5-7H,1-4H2/t17-;8-;;;5-/m00..0/s1. The lowest BCUT2D eigenvalue weighted by Crippen LogP contribution is -2.33. The predicted molar refractivity (Wildman–Crippen MR) is 352 cm³/mol. The van der Waals surface area contributed by atoms with Crippen molar-refractivity contribution < 1.29 is 34.3 Å². The zero-order valence-electron chi connectivity index (χ0n) is 53.1. The van der Waals surface area contributed by atoms with E-state index in [1.807, 2.05) is 70.8 Å². The molecule has 8 aromatic heterocycles. The summed E-state index contributed by atoms with van der Waals surface area (Å²) in [5.41, 5.74) is 14.3. The maximum Gasteiger partial charge on any atom is 0.232 e. The minimum absolute atomic E-state index is 0.0459. The number of aliphatic hydroxyl groups is 3. The number of nitrogens with zero attached hydrogens (tertiary/aromatic N) is 18. The summed E-state index contributed by atoms with van der Waals surface area (Å²) in [5, 5.41) is 50.7. The molecule has 3 aliphatic heterocycles. The van der Waals surface area contributed by atoms with Crippen LogP contribution in [0.4, 0.5) is 29.2 Å². The Morgan fingerprint density at radius 1 is 0.582 bits per heavy atom. The third-order valence-electron chi connectivity index (χ3n) is 16.0. The first-order valence-corrected chi connectivity index (χ1v) is 30.6. The second-order valence-electron chi connectivity index (χ2n) is 22.0. The number of halogens is 3. The molecule has 2 aromatic carbocycles. The van der Waals surface area contributed by atoms with Crippen LogP contribution >= 0.6 is 34.8 Å². The second-order valence-corrected chi connectivity index (χ2v) is 23.0. The third-order valence-corrected chi connectivity index (χ3v) is 16.6. The Kier molecular flexibility index (Phi) is 21.9. The molecule has 0 saturated carbocycles. The van der Waals surface area contributed by atoms with Crippen LogP contribution in [0.3, 0.4) is 0 Å². The first kappa shape index (κ1) is 67.0. The molecule has 0 unspecified atom stereocenters. The highest BCUT2D eigenvalue weighted by atomic mass is 35.5. The lowest BCUT2D eigenvalue weighted by Gasteiger charge is -2.25. The zero-order chi connectivity index (χ0) is 65.4. The number of methoxy groups -OCH3 is 4. The lowest BCUT2D eigenvalue weighted by molar-refractivity contribution is 0.255. The minimum atomic E-state index is 0.0459. The van der Waals surface area contributed by atoms with Gasteiger partial charge in [0, 0.05) is 58.5 Å². The largest absolute Gasteiger partial charge is 0.496 e. The molecular weight excluding hydrogens is 1230 g/mol. The number of nitrogen functional groups attached to an aromatic ring is 1. The van der Waals surface area contributed by atoms with Gasteiger partial charge in [0.05, 0.1) is 117 Å². The summed E-state index contributed by atoms with van der Waals surface area (Å²) in [6.07, 6.45) is 13.3. The van der Waals surface area contributed by atoms with Gasteiger partial charge < -0.3 is 69.6 Å². The highest BCUT2D eigenvalue weighted by Gasteiger charge is 2.31. The number of rotatable bonds is 13. The Morgan fingerprint density at radius 2 is 1.09 bits per heavy atom. The first-order valence-electron chi connectivity index (χ1n) is 29.5. The van der Waals surface area contributed by atoms with E-state index in [4.69, 9.17) is 74.6 Å². The molecule has 31 heteroatoms. The van der Waals surface area contributed by atoms with E-state index in [-0.39, 0.29) is 35.9 Å².